The van der Waals surface area contributed by atoms with Gasteiger partial charge in [-0.1, -0.05) is 136 Å². The van der Waals surface area contributed by atoms with Gasteiger partial charge in [0, 0.05) is 10.8 Å². The zero-order valence-corrected chi connectivity index (χ0v) is 24.6. The molecule has 1 atom stereocenters. The Morgan fingerprint density at radius 2 is 1.00 bits per heavy atom. The minimum atomic E-state index is -0.819. The number of carboxylic acid groups (broad SMARTS) is 1. The van der Waals surface area contributed by atoms with Crippen LogP contribution in [0.4, 0.5) is 0 Å². The Morgan fingerprint density at radius 3 is 1.41 bits per heavy atom. The van der Waals surface area contributed by atoms with Crippen LogP contribution in [0.1, 0.15) is 149 Å². The molecule has 0 aliphatic heterocycles. The number of rotatable bonds is 28. The lowest BCUT2D eigenvalue weighted by Gasteiger charge is -2.16. The molecule has 0 bridgehead atoms. The second-order valence-corrected chi connectivity index (χ2v) is 12.5. The predicted octanol–water partition coefficient (Wildman–Crippen LogP) is 10.7. The van der Waals surface area contributed by atoms with E-state index in [0.29, 0.717) is 5.57 Å². The normalized spacial score (nSPS) is 12.2. The van der Waals surface area contributed by atoms with Crippen molar-refractivity contribution in [2.24, 2.45) is 0 Å². The topological polar surface area (TPSA) is 37.3 Å². The summed E-state index contributed by atoms with van der Waals surface area (Å²) in [5.41, 5.74) is 0.400. The van der Waals surface area contributed by atoms with E-state index in [2.05, 4.69) is 20.4 Å². The highest BCUT2D eigenvalue weighted by molar-refractivity contribution is 8.00. The minimum Gasteiger partial charge on any atom is -0.478 e. The van der Waals surface area contributed by atoms with Crippen LogP contribution < -0.4 is 0 Å². The lowest BCUT2D eigenvalue weighted by Crippen LogP contribution is -2.15. The van der Waals surface area contributed by atoms with Gasteiger partial charge in [0.25, 0.3) is 0 Å². The number of unbranched alkanes of at least 4 members (excludes halogenated alkanes) is 18. The maximum atomic E-state index is 11.5. The van der Waals surface area contributed by atoms with Crippen molar-refractivity contribution in [2.45, 2.75) is 154 Å². The van der Waals surface area contributed by atoms with Gasteiger partial charge in [-0.2, -0.15) is 23.5 Å². The lowest BCUT2D eigenvalue weighted by atomic mass is 10.1. The maximum absolute atomic E-state index is 11.5. The van der Waals surface area contributed by atoms with E-state index >= 15 is 0 Å². The summed E-state index contributed by atoms with van der Waals surface area (Å²) in [6, 6.07) is 0. The maximum Gasteiger partial charge on any atom is 0.332 e. The lowest BCUT2D eigenvalue weighted by molar-refractivity contribution is -0.132. The molecule has 34 heavy (non-hydrogen) atoms. The Balaban J connectivity index is 3.68. The first-order valence-corrected chi connectivity index (χ1v) is 16.9. The third-order valence-electron chi connectivity index (χ3n) is 6.65. The summed E-state index contributed by atoms with van der Waals surface area (Å²) in [5.74, 6) is 2.52. The van der Waals surface area contributed by atoms with Gasteiger partial charge in [0.1, 0.15) is 0 Å². The first-order valence-electron chi connectivity index (χ1n) is 14.7. The molecule has 1 N–H and O–H groups in total. The van der Waals surface area contributed by atoms with Crippen molar-refractivity contribution in [1.82, 2.24) is 0 Å². The molecule has 202 valence electrons. The second kappa shape index (κ2) is 27.5. The highest BCUT2D eigenvalue weighted by Gasteiger charge is 2.18. The average molecular weight is 515 g/mol. The van der Waals surface area contributed by atoms with Crippen LogP contribution in [0.5, 0.6) is 0 Å². The smallest absolute Gasteiger partial charge is 0.332 e. The van der Waals surface area contributed by atoms with E-state index in [1.807, 2.05) is 23.5 Å². The SMILES string of the molecule is C=C(C(=O)O)C(CCSCCCCCCCCCCCC)SCCCCCCCCCCCC. The van der Waals surface area contributed by atoms with Gasteiger partial charge in [-0.15, -0.1) is 0 Å². The number of carbonyl (C=O) groups is 1. The molecular formula is C30H58O2S2. The minimum absolute atomic E-state index is 0.0799. The molecule has 1 unspecified atom stereocenters. The van der Waals surface area contributed by atoms with E-state index in [1.165, 1.54) is 134 Å². The Morgan fingerprint density at radius 1 is 0.618 bits per heavy atom. The molecule has 0 aliphatic rings. The van der Waals surface area contributed by atoms with Crippen LogP contribution >= 0.6 is 23.5 Å². The zero-order chi connectivity index (χ0) is 25.1. The fraction of sp³-hybridized carbons (Fsp3) is 0.900. The Bertz CT molecular complexity index is 453. The van der Waals surface area contributed by atoms with E-state index in [9.17, 15) is 9.90 Å². The van der Waals surface area contributed by atoms with E-state index in [1.54, 1.807) is 0 Å². The van der Waals surface area contributed by atoms with Crippen LogP contribution in [0.2, 0.25) is 0 Å². The summed E-state index contributed by atoms with van der Waals surface area (Å²) in [6.07, 6.45) is 28.2. The number of aliphatic carboxylic acids is 1. The molecule has 0 aromatic rings. The summed E-state index contributed by atoms with van der Waals surface area (Å²) in [7, 11) is 0. The summed E-state index contributed by atoms with van der Waals surface area (Å²) in [4.78, 5) is 11.5. The van der Waals surface area contributed by atoms with Crippen LogP contribution in [0.3, 0.4) is 0 Å². The van der Waals surface area contributed by atoms with E-state index in [-0.39, 0.29) is 5.25 Å². The highest BCUT2D eigenvalue weighted by Crippen LogP contribution is 2.26. The van der Waals surface area contributed by atoms with Crippen molar-refractivity contribution in [3.8, 4) is 0 Å². The molecule has 0 aliphatic carbocycles. The fourth-order valence-corrected chi connectivity index (χ4v) is 6.70. The summed E-state index contributed by atoms with van der Waals surface area (Å²) in [5, 5.41) is 9.49. The molecule has 0 saturated heterocycles. The molecule has 0 fully saturated rings. The largest absolute Gasteiger partial charge is 0.478 e. The summed E-state index contributed by atoms with van der Waals surface area (Å²) in [6.45, 7) is 8.42. The first-order chi connectivity index (χ1) is 16.6. The molecule has 0 aromatic heterocycles. The third-order valence-corrected chi connectivity index (χ3v) is 9.20. The molecule has 4 heteroatoms. The van der Waals surface area contributed by atoms with Crippen molar-refractivity contribution >= 4 is 29.5 Å². The molecule has 0 spiro atoms. The van der Waals surface area contributed by atoms with Gasteiger partial charge in [-0.05, 0) is 36.5 Å². The van der Waals surface area contributed by atoms with Crippen LogP contribution in [0, 0.1) is 0 Å². The number of thioether (sulfide) groups is 2. The first kappa shape index (κ1) is 33.9. The van der Waals surface area contributed by atoms with Crippen molar-refractivity contribution in [3.63, 3.8) is 0 Å². The Hall–Kier alpha value is -0.0900. The van der Waals surface area contributed by atoms with Crippen LogP contribution in [0.25, 0.3) is 0 Å². The quantitative estimate of drug-likeness (QED) is 0.0832. The van der Waals surface area contributed by atoms with Gasteiger partial charge >= 0.3 is 5.97 Å². The second-order valence-electron chi connectivity index (χ2n) is 9.95. The number of hydrogen-bond acceptors (Lipinski definition) is 3. The fourth-order valence-electron chi connectivity index (χ4n) is 4.29. The van der Waals surface area contributed by atoms with Gasteiger partial charge in [0.15, 0.2) is 0 Å². The van der Waals surface area contributed by atoms with Gasteiger partial charge in [0.2, 0.25) is 0 Å². The Kier molecular flexibility index (Phi) is 27.4. The van der Waals surface area contributed by atoms with Crippen molar-refractivity contribution in [1.29, 1.82) is 0 Å². The van der Waals surface area contributed by atoms with Gasteiger partial charge in [-0.3, -0.25) is 0 Å². The molecule has 0 rings (SSSR count). The molecule has 0 heterocycles. The van der Waals surface area contributed by atoms with Gasteiger partial charge in [0.05, 0.1) is 0 Å². The van der Waals surface area contributed by atoms with E-state index in [0.717, 1.165) is 17.9 Å². The van der Waals surface area contributed by atoms with Gasteiger partial charge in [-0.25, -0.2) is 4.79 Å². The standard InChI is InChI=1S/C30H58O2S2/c1-4-6-8-10-12-14-16-18-20-22-25-33-27-24-29(28(3)30(31)32)34-26-23-21-19-17-15-13-11-9-7-5-2/h29H,3-27H2,1-2H3,(H,31,32). The highest BCUT2D eigenvalue weighted by atomic mass is 32.2. The van der Waals surface area contributed by atoms with E-state index < -0.39 is 5.97 Å². The Labute approximate surface area is 222 Å². The third kappa shape index (κ3) is 23.6. The number of hydrogen-bond donors (Lipinski definition) is 1. The van der Waals surface area contributed by atoms with Crippen molar-refractivity contribution in [2.75, 3.05) is 17.3 Å². The molecule has 0 radical (unpaired) electrons. The monoisotopic (exact) mass is 514 g/mol. The van der Waals surface area contributed by atoms with Crippen molar-refractivity contribution < 1.29 is 9.90 Å². The molecular weight excluding hydrogens is 456 g/mol. The predicted molar refractivity (Wildman–Crippen MR) is 159 cm³/mol. The molecule has 2 nitrogen and oxygen atoms in total. The molecule has 0 amide bonds. The zero-order valence-electron chi connectivity index (χ0n) is 22.9. The number of carboxylic acids is 1. The summed E-state index contributed by atoms with van der Waals surface area (Å²) >= 11 is 3.83. The van der Waals surface area contributed by atoms with E-state index in [4.69, 9.17) is 0 Å². The van der Waals surface area contributed by atoms with Crippen LogP contribution in [0.15, 0.2) is 12.2 Å². The summed E-state index contributed by atoms with van der Waals surface area (Å²) < 4.78 is 0. The van der Waals surface area contributed by atoms with Crippen LogP contribution in [-0.4, -0.2) is 33.6 Å². The molecule has 0 saturated carbocycles. The average Bonchev–Trinajstić information content (AvgIpc) is 2.83. The van der Waals surface area contributed by atoms with Crippen molar-refractivity contribution in [3.05, 3.63) is 12.2 Å². The molecule has 0 aromatic carbocycles. The van der Waals surface area contributed by atoms with Crippen LogP contribution in [-0.2, 0) is 4.79 Å². The van der Waals surface area contributed by atoms with Gasteiger partial charge < -0.3 is 5.11 Å².